The van der Waals surface area contributed by atoms with Crippen LogP contribution in [-0.2, 0) is 0 Å². The molecule has 3 rings (SSSR count). The minimum Gasteiger partial charge on any atom is -0.340 e. The van der Waals surface area contributed by atoms with Gasteiger partial charge >= 0.3 is 0 Å². The van der Waals surface area contributed by atoms with E-state index in [0.717, 1.165) is 43.2 Å². The number of piperazine rings is 1. The third-order valence-corrected chi connectivity index (χ3v) is 3.50. The maximum absolute atomic E-state index is 4.71. The van der Waals surface area contributed by atoms with Crippen molar-refractivity contribution in [2.24, 2.45) is 0 Å². The molecule has 0 spiro atoms. The topological polar surface area (TPSA) is 35.2 Å². The SMILES string of the molecule is Cc1cccc2[nH]c(N3CCN(C)CC3)nc12. The zero-order valence-electron chi connectivity index (χ0n) is 10.4. The Labute approximate surface area is 101 Å². The number of aromatic amines is 1. The van der Waals surface area contributed by atoms with E-state index in [1.807, 2.05) is 0 Å². The third kappa shape index (κ3) is 1.89. The molecular formula is C13H18N4. The fourth-order valence-electron chi connectivity index (χ4n) is 2.33. The maximum Gasteiger partial charge on any atom is 0.203 e. The van der Waals surface area contributed by atoms with E-state index in [1.165, 1.54) is 5.56 Å². The minimum atomic E-state index is 1.02. The Morgan fingerprint density at radius 3 is 2.65 bits per heavy atom. The van der Waals surface area contributed by atoms with Gasteiger partial charge in [0.1, 0.15) is 0 Å². The van der Waals surface area contributed by atoms with Crippen LogP contribution in [0.5, 0.6) is 0 Å². The van der Waals surface area contributed by atoms with Gasteiger partial charge in [0.15, 0.2) is 0 Å². The first-order chi connectivity index (χ1) is 8.24. The third-order valence-electron chi connectivity index (χ3n) is 3.50. The first-order valence-electron chi connectivity index (χ1n) is 6.13. The fraction of sp³-hybridized carbons (Fsp3) is 0.462. The molecule has 1 aromatic heterocycles. The molecule has 1 aromatic carbocycles. The summed E-state index contributed by atoms with van der Waals surface area (Å²) >= 11 is 0. The zero-order chi connectivity index (χ0) is 11.8. The smallest absolute Gasteiger partial charge is 0.203 e. The highest BCUT2D eigenvalue weighted by atomic mass is 15.3. The lowest BCUT2D eigenvalue weighted by molar-refractivity contribution is 0.311. The standard InChI is InChI=1S/C13H18N4/c1-10-4-3-5-11-12(10)15-13(14-11)17-8-6-16(2)7-9-17/h3-5H,6-9H2,1-2H3,(H,14,15). The first kappa shape index (κ1) is 10.6. The highest BCUT2D eigenvalue weighted by Crippen LogP contribution is 2.20. The second kappa shape index (κ2) is 4.04. The van der Waals surface area contributed by atoms with E-state index in [0.29, 0.717) is 0 Å². The number of benzene rings is 1. The average Bonchev–Trinajstić information content (AvgIpc) is 2.75. The Kier molecular flexibility index (Phi) is 2.52. The van der Waals surface area contributed by atoms with E-state index in [2.05, 4.69) is 47.0 Å². The van der Waals surface area contributed by atoms with E-state index in [-0.39, 0.29) is 0 Å². The Morgan fingerprint density at radius 2 is 1.94 bits per heavy atom. The van der Waals surface area contributed by atoms with Crippen molar-refractivity contribution in [1.29, 1.82) is 0 Å². The van der Waals surface area contributed by atoms with Gasteiger partial charge in [-0.2, -0.15) is 0 Å². The molecule has 17 heavy (non-hydrogen) atoms. The molecule has 1 N–H and O–H groups in total. The van der Waals surface area contributed by atoms with Crippen molar-refractivity contribution < 1.29 is 0 Å². The molecule has 1 saturated heterocycles. The van der Waals surface area contributed by atoms with E-state index in [9.17, 15) is 0 Å². The number of nitrogens with one attached hydrogen (secondary N) is 1. The van der Waals surface area contributed by atoms with Crippen LogP contribution in [0.15, 0.2) is 18.2 Å². The van der Waals surface area contributed by atoms with Crippen LogP contribution < -0.4 is 4.90 Å². The Balaban J connectivity index is 1.93. The van der Waals surface area contributed by atoms with Crippen molar-refractivity contribution in [3.63, 3.8) is 0 Å². The number of aromatic nitrogens is 2. The second-order valence-corrected chi connectivity index (χ2v) is 4.82. The van der Waals surface area contributed by atoms with Crippen LogP contribution in [0.2, 0.25) is 0 Å². The molecule has 2 heterocycles. The van der Waals surface area contributed by atoms with Gasteiger partial charge in [0.2, 0.25) is 5.95 Å². The molecular weight excluding hydrogens is 212 g/mol. The van der Waals surface area contributed by atoms with Gasteiger partial charge in [-0.15, -0.1) is 0 Å². The number of fused-ring (bicyclic) bond motifs is 1. The number of para-hydroxylation sites is 1. The Morgan fingerprint density at radius 1 is 1.18 bits per heavy atom. The van der Waals surface area contributed by atoms with Crippen molar-refractivity contribution in [2.45, 2.75) is 6.92 Å². The molecule has 4 nitrogen and oxygen atoms in total. The van der Waals surface area contributed by atoms with Crippen LogP contribution in [0.25, 0.3) is 11.0 Å². The summed E-state index contributed by atoms with van der Waals surface area (Å²) in [5.74, 6) is 1.02. The normalized spacial score (nSPS) is 17.9. The van der Waals surface area contributed by atoms with Crippen molar-refractivity contribution >= 4 is 17.0 Å². The number of aryl methyl sites for hydroxylation is 1. The zero-order valence-corrected chi connectivity index (χ0v) is 10.4. The number of likely N-dealkylation sites (N-methyl/N-ethyl adjacent to an activating group) is 1. The number of H-pyrrole nitrogens is 1. The summed E-state index contributed by atoms with van der Waals surface area (Å²) in [4.78, 5) is 12.8. The van der Waals surface area contributed by atoms with E-state index in [1.54, 1.807) is 0 Å². The highest BCUT2D eigenvalue weighted by molar-refractivity contribution is 5.80. The van der Waals surface area contributed by atoms with Crippen LogP contribution in [0.1, 0.15) is 5.56 Å². The molecule has 0 bridgehead atoms. The predicted octanol–water partition coefficient (Wildman–Crippen LogP) is 1.62. The van der Waals surface area contributed by atoms with Crippen molar-refractivity contribution in [3.05, 3.63) is 23.8 Å². The largest absolute Gasteiger partial charge is 0.340 e. The molecule has 90 valence electrons. The quantitative estimate of drug-likeness (QED) is 0.808. The van der Waals surface area contributed by atoms with Gasteiger partial charge < -0.3 is 14.8 Å². The summed E-state index contributed by atoms with van der Waals surface area (Å²) in [5.41, 5.74) is 3.47. The summed E-state index contributed by atoms with van der Waals surface area (Å²) < 4.78 is 0. The summed E-state index contributed by atoms with van der Waals surface area (Å²) in [6, 6.07) is 6.27. The van der Waals surface area contributed by atoms with Crippen LogP contribution in [-0.4, -0.2) is 48.1 Å². The van der Waals surface area contributed by atoms with Gasteiger partial charge in [-0.25, -0.2) is 4.98 Å². The number of hydrogen-bond acceptors (Lipinski definition) is 3. The lowest BCUT2D eigenvalue weighted by Crippen LogP contribution is -2.44. The summed E-state index contributed by atoms with van der Waals surface area (Å²) in [6.07, 6.45) is 0. The number of nitrogens with zero attached hydrogens (tertiary/aromatic N) is 3. The lowest BCUT2D eigenvalue weighted by Gasteiger charge is -2.32. The Hall–Kier alpha value is -1.55. The molecule has 1 aliphatic rings. The minimum absolute atomic E-state index is 1.02. The number of anilines is 1. The van der Waals surface area contributed by atoms with Gasteiger partial charge in [0.25, 0.3) is 0 Å². The summed E-state index contributed by atoms with van der Waals surface area (Å²) in [7, 11) is 2.17. The maximum atomic E-state index is 4.71. The lowest BCUT2D eigenvalue weighted by atomic mass is 10.2. The molecule has 0 radical (unpaired) electrons. The van der Waals surface area contributed by atoms with Crippen LogP contribution in [0.3, 0.4) is 0 Å². The van der Waals surface area contributed by atoms with Crippen LogP contribution in [0, 0.1) is 6.92 Å². The molecule has 2 aromatic rings. The summed E-state index contributed by atoms with van der Waals surface area (Å²) in [6.45, 7) is 6.42. The fourth-order valence-corrected chi connectivity index (χ4v) is 2.33. The van der Waals surface area contributed by atoms with E-state index < -0.39 is 0 Å². The predicted molar refractivity (Wildman–Crippen MR) is 70.5 cm³/mol. The number of rotatable bonds is 1. The molecule has 0 amide bonds. The van der Waals surface area contributed by atoms with Crippen LogP contribution in [0.4, 0.5) is 5.95 Å². The molecule has 1 fully saturated rings. The van der Waals surface area contributed by atoms with Crippen molar-refractivity contribution in [1.82, 2.24) is 14.9 Å². The first-order valence-corrected chi connectivity index (χ1v) is 6.13. The molecule has 0 unspecified atom stereocenters. The van der Waals surface area contributed by atoms with Gasteiger partial charge in [-0.3, -0.25) is 0 Å². The molecule has 4 heteroatoms. The monoisotopic (exact) mass is 230 g/mol. The molecule has 0 atom stereocenters. The van der Waals surface area contributed by atoms with Gasteiger partial charge in [0.05, 0.1) is 11.0 Å². The second-order valence-electron chi connectivity index (χ2n) is 4.82. The van der Waals surface area contributed by atoms with Gasteiger partial charge in [-0.05, 0) is 25.6 Å². The average molecular weight is 230 g/mol. The molecule has 0 aliphatic carbocycles. The summed E-state index contributed by atoms with van der Waals surface area (Å²) in [5, 5.41) is 0. The Bertz CT molecular complexity index is 523. The van der Waals surface area contributed by atoms with Gasteiger partial charge in [0, 0.05) is 26.2 Å². The van der Waals surface area contributed by atoms with Crippen LogP contribution >= 0.6 is 0 Å². The van der Waals surface area contributed by atoms with E-state index >= 15 is 0 Å². The number of imidazole rings is 1. The molecule has 0 saturated carbocycles. The van der Waals surface area contributed by atoms with E-state index in [4.69, 9.17) is 4.98 Å². The molecule has 1 aliphatic heterocycles. The van der Waals surface area contributed by atoms with Gasteiger partial charge in [-0.1, -0.05) is 12.1 Å². The van der Waals surface area contributed by atoms with Crippen molar-refractivity contribution in [3.8, 4) is 0 Å². The number of hydrogen-bond donors (Lipinski definition) is 1. The van der Waals surface area contributed by atoms with Crippen molar-refractivity contribution in [2.75, 3.05) is 38.1 Å². The highest BCUT2D eigenvalue weighted by Gasteiger charge is 2.17.